The summed E-state index contributed by atoms with van der Waals surface area (Å²) in [6, 6.07) is 10.2. The highest BCUT2D eigenvalue weighted by Gasteiger charge is 2.25. The van der Waals surface area contributed by atoms with E-state index in [2.05, 4.69) is 5.32 Å². The van der Waals surface area contributed by atoms with Crippen molar-refractivity contribution in [2.24, 2.45) is 7.05 Å². The maximum absolute atomic E-state index is 12.6. The van der Waals surface area contributed by atoms with Crippen LogP contribution in [0.25, 0.3) is 0 Å². The number of carbonyl (C=O) groups excluding carboxylic acids is 2. The number of methoxy groups -OCH3 is 1. The number of nitrogens with one attached hydrogen (secondary N) is 1. The van der Waals surface area contributed by atoms with Crippen LogP contribution in [0.3, 0.4) is 0 Å². The molecular formula is C19H22N2O4. The van der Waals surface area contributed by atoms with Crippen LogP contribution in [-0.4, -0.2) is 29.6 Å². The highest BCUT2D eigenvalue weighted by Crippen LogP contribution is 2.08. The minimum atomic E-state index is -0.870. The quantitative estimate of drug-likeness (QED) is 0.836. The van der Waals surface area contributed by atoms with E-state index in [4.69, 9.17) is 4.74 Å². The zero-order valence-corrected chi connectivity index (χ0v) is 14.8. The molecule has 6 heteroatoms. The molecule has 1 amide bonds. The van der Waals surface area contributed by atoms with Crippen LogP contribution in [0.2, 0.25) is 0 Å². The highest BCUT2D eigenvalue weighted by atomic mass is 16.5. The van der Waals surface area contributed by atoms with Gasteiger partial charge in [-0.15, -0.1) is 0 Å². The first-order valence-corrected chi connectivity index (χ1v) is 7.95. The van der Waals surface area contributed by atoms with E-state index in [1.165, 1.54) is 11.7 Å². The number of rotatable bonds is 5. The molecular weight excluding hydrogens is 320 g/mol. The largest absolute Gasteiger partial charge is 0.467 e. The van der Waals surface area contributed by atoms with Crippen LogP contribution < -0.4 is 10.9 Å². The van der Waals surface area contributed by atoms with E-state index in [-0.39, 0.29) is 12.0 Å². The first-order valence-electron chi connectivity index (χ1n) is 7.95. The Kier molecular flexibility index (Phi) is 5.75. The lowest BCUT2D eigenvalue weighted by atomic mass is 10.0. The predicted octanol–water partition coefficient (Wildman–Crippen LogP) is 1.52. The number of ether oxygens (including phenoxy) is 1. The van der Waals surface area contributed by atoms with Crippen LogP contribution >= 0.6 is 0 Å². The van der Waals surface area contributed by atoms with Crippen molar-refractivity contribution in [2.75, 3.05) is 7.11 Å². The maximum Gasteiger partial charge on any atom is 0.328 e. The topological polar surface area (TPSA) is 77.4 Å². The lowest BCUT2D eigenvalue weighted by Crippen LogP contribution is -2.45. The van der Waals surface area contributed by atoms with Gasteiger partial charge < -0.3 is 14.6 Å². The Balaban J connectivity index is 2.30. The molecule has 1 unspecified atom stereocenters. The molecule has 0 radical (unpaired) electrons. The van der Waals surface area contributed by atoms with Crippen molar-refractivity contribution in [3.8, 4) is 0 Å². The second-order valence-electron chi connectivity index (χ2n) is 5.95. The van der Waals surface area contributed by atoms with Crippen LogP contribution in [0.15, 0.2) is 41.2 Å². The number of amides is 1. The van der Waals surface area contributed by atoms with Gasteiger partial charge in [0.05, 0.1) is 7.11 Å². The zero-order valence-electron chi connectivity index (χ0n) is 14.8. The van der Waals surface area contributed by atoms with Crippen LogP contribution in [-0.2, 0) is 23.0 Å². The lowest BCUT2D eigenvalue weighted by molar-refractivity contribution is -0.142. The summed E-state index contributed by atoms with van der Waals surface area (Å²) in [6.07, 6.45) is 0.282. The maximum atomic E-state index is 12.6. The summed E-state index contributed by atoms with van der Waals surface area (Å²) in [5.41, 5.74) is 1.86. The van der Waals surface area contributed by atoms with E-state index in [0.717, 1.165) is 11.3 Å². The molecule has 0 saturated carbocycles. The van der Waals surface area contributed by atoms with Gasteiger partial charge in [-0.1, -0.05) is 30.3 Å². The van der Waals surface area contributed by atoms with Crippen molar-refractivity contribution in [1.29, 1.82) is 0 Å². The number of nitrogens with zero attached hydrogens (tertiary/aromatic N) is 1. The Labute approximate surface area is 146 Å². The van der Waals surface area contributed by atoms with Gasteiger partial charge in [0.15, 0.2) is 0 Å². The van der Waals surface area contributed by atoms with E-state index in [0.29, 0.717) is 5.56 Å². The number of hydrogen-bond acceptors (Lipinski definition) is 4. The van der Waals surface area contributed by atoms with Crippen molar-refractivity contribution in [1.82, 2.24) is 9.88 Å². The number of aromatic nitrogens is 1. The van der Waals surface area contributed by atoms with Crippen LogP contribution in [0, 0.1) is 13.8 Å². The number of benzene rings is 1. The molecule has 1 aromatic carbocycles. The third-order valence-electron chi connectivity index (χ3n) is 4.17. The number of aryl methyl sites for hydroxylation is 2. The van der Waals surface area contributed by atoms with Crippen molar-refractivity contribution >= 4 is 11.9 Å². The Morgan fingerprint density at radius 2 is 1.84 bits per heavy atom. The van der Waals surface area contributed by atoms with E-state index in [1.807, 2.05) is 30.3 Å². The monoisotopic (exact) mass is 342 g/mol. The molecule has 25 heavy (non-hydrogen) atoms. The van der Waals surface area contributed by atoms with Gasteiger partial charge in [-0.05, 0) is 31.0 Å². The molecule has 2 rings (SSSR count). The average molecular weight is 342 g/mol. The summed E-state index contributed by atoms with van der Waals surface area (Å²) in [6.45, 7) is 3.50. The summed E-state index contributed by atoms with van der Waals surface area (Å²) in [5.74, 6) is -1.14. The van der Waals surface area contributed by atoms with Gasteiger partial charge in [0.25, 0.3) is 11.5 Å². The van der Waals surface area contributed by atoms with Crippen molar-refractivity contribution in [2.45, 2.75) is 26.3 Å². The molecule has 1 aromatic heterocycles. The average Bonchev–Trinajstić information content (AvgIpc) is 2.59. The Bertz CT molecular complexity index is 840. The van der Waals surface area contributed by atoms with Gasteiger partial charge in [-0.3, -0.25) is 9.59 Å². The van der Waals surface area contributed by atoms with Crippen molar-refractivity contribution in [3.05, 3.63) is 69.1 Å². The van der Waals surface area contributed by atoms with Gasteiger partial charge in [0.2, 0.25) is 0 Å². The van der Waals surface area contributed by atoms with Gasteiger partial charge >= 0.3 is 5.97 Å². The first kappa shape index (κ1) is 18.4. The Morgan fingerprint density at radius 1 is 1.20 bits per heavy atom. The molecule has 2 aromatic rings. The van der Waals surface area contributed by atoms with Crippen molar-refractivity contribution in [3.63, 3.8) is 0 Å². The number of carbonyl (C=O) groups is 2. The molecule has 1 N–H and O–H groups in total. The van der Waals surface area contributed by atoms with Crippen LogP contribution in [0.1, 0.15) is 27.2 Å². The van der Waals surface area contributed by atoms with E-state index < -0.39 is 23.5 Å². The second-order valence-corrected chi connectivity index (χ2v) is 5.95. The smallest absolute Gasteiger partial charge is 0.328 e. The minimum absolute atomic E-state index is 0.0371. The molecule has 0 fully saturated rings. The third kappa shape index (κ3) is 4.15. The van der Waals surface area contributed by atoms with Gasteiger partial charge in [0, 0.05) is 19.2 Å². The molecule has 6 nitrogen and oxygen atoms in total. The summed E-state index contributed by atoms with van der Waals surface area (Å²) in [4.78, 5) is 37.1. The SMILES string of the molecule is COC(=O)C(Cc1ccccc1)NC(=O)c1c(C)cc(C)n(C)c1=O. The van der Waals surface area contributed by atoms with Crippen molar-refractivity contribution < 1.29 is 14.3 Å². The van der Waals surface area contributed by atoms with Gasteiger partial charge in [0.1, 0.15) is 11.6 Å². The molecule has 0 spiro atoms. The zero-order chi connectivity index (χ0) is 18.6. The molecule has 0 aliphatic rings. The fourth-order valence-corrected chi connectivity index (χ4v) is 2.67. The third-order valence-corrected chi connectivity index (χ3v) is 4.17. The van der Waals surface area contributed by atoms with E-state index in [9.17, 15) is 14.4 Å². The summed E-state index contributed by atoms with van der Waals surface area (Å²) >= 11 is 0. The first-order chi connectivity index (χ1) is 11.8. The van der Waals surface area contributed by atoms with E-state index >= 15 is 0 Å². The fourth-order valence-electron chi connectivity index (χ4n) is 2.67. The molecule has 0 aliphatic heterocycles. The molecule has 0 bridgehead atoms. The number of pyridine rings is 1. The summed E-state index contributed by atoms with van der Waals surface area (Å²) < 4.78 is 6.20. The van der Waals surface area contributed by atoms with Gasteiger partial charge in [-0.25, -0.2) is 4.79 Å². The Hall–Kier alpha value is -2.89. The summed E-state index contributed by atoms with van der Waals surface area (Å²) in [5, 5.41) is 2.63. The highest BCUT2D eigenvalue weighted by molar-refractivity contribution is 5.97. The molecule has 1 heterocycles. The molecule has 0 aliphatic carbocycles. The second kappa shape index (κ2) is 7.79. The lowest BCUT2D eigenvalue weighted by Gasteiger charge is -2.18. The number of esters is 1. The number of hydrogen-bond donors (Lipinski definition) is 1. The van der Waals surface area contributed by atoms with Crippen LogP contribution in [0.4, 0.5) is 0 Å². The molecule has 132 valence electrons. The Morgan fingerprint density at radius 3 is 2.44 bits per heavy atom. The normalized spacial score (nSPS) is 11.7. The molecule has 0 saturated heterocycles. The van der Waals surface area contributed by atoms with E-state index in [1.54, 1.807) is 27.0 Å². The van der Waals surface area contributed by atoms with Crippen LogP contribution in [0.5, 0.6) is 0 Å². The summed E-state index contributed by atoms with van der Waals surface area (Å²) in [7, 11) is 2.87. The fraction of sp³-hybridized carbons (Fsp3) is 0.316. The standard InChI is InChI=1S/C19H22N2O4/c1-12-10-13(2)21(3)18(23)16(12)17(22)20-15(19(24)25-4)11-14-8-6-5-7-9-14/h5-10,15H,11H2,1-4H3,(H,20,22). The minimum Gasteiger partial charge on any atom is -0.467 e. The molecule has 1 atom stereocenters. The van der Waals surface area contributed by atoms with Gasteiger partial charge in [-0.2, -0.15) is 0 Å². The predicted molar refractivity (Wildman–Crippen MR) is 94.6 cm³/mol.